The Kier molecular flexibility index (Phi) is 3.89. The molecule has 1 saturated carbocycles. The third-order valence-electron chi connectivity index (χ3n) is 3.34. The van der Waals surface area contributed by atoms with Crippen molar-refractivity contribution >= 4 is 5.82 Å². The van der Waals surface area contributed by atoms with Crippen molar-refractivity contribution in [3.63, 3.8) is 0 Å². The Labute approximate surface area is 101 Å². The molecule has 0 bridgehead atoms. The fourth-order valence-corrected chi connectivity index (χ4v) is 2.27. The predicted molar refractivity (Wildman–Crippen MR) is 65.2 cm³/mol. The molecule has 0 amide bonds. The van der Waals surface area contributed by atoms with E-state index in [9.17, 15) is 4.39 Å². The van der Waals surface area contributed by atoms with E-state index >= 15 is 0 Å². The van der Waals surface area contributed by atoms with Crippen molar-refractivity contribution in [3.05, 3.63) is 17.8 Å². The minimum Gasteiger partial charge on any atom is -0.363 e. The van der Waals surface area contributed by atoms with Crippen LogP contribution in [0.3, 0.4) is 0 Å². The molecule has 1 aliphatic rings. The summed E-state index contributed by atoms with van der Waals surface area (Å²) in [4.78, 5) is 7.87. The van der Waals surface area contributed by atoms with Gasteiger partial charge in [-0.1, -0.05) is 19.8 Å². The maximum atomic E-state index is 13.9. The molecule has 94 valence electrons. The number of nitrogens with one attached hydrogen (secondary N) is 1. The van der Waals surface area contributed by atoms with Crippen molar-refractivity contribution in [2.45, 2.75) is 51.1 Å². The summed E-state index contributed by atoms with van der Waals surface area (Å²) in [6, 6.07) is 0.209. The van der Waals surface area contributed by atoms with Crippen LogP contribution in [0.15, 0.2) is 6.33 Å². The van der Waals surface area contributed by atoms with E-state index in [-0.39, 0.29) is 17.9 Å². The Morgan fingerprint density at radius 2 is 2.18 bits per heavy atom. The molecule has 1 aliphatic carbocycles. The van der Waals surface area contributed by atoms with Gasteiger partial charge in [0, 0.05) is 12.1 Å². The van der Waals surface area contributed by atoms with Crippen LogP contribution in [-0.4, -0.2) is 22.1 Å². The highest BCUT2D eigenvalue weighted by Crippen LogP contribution is 2.22. The molecule has 0 radical (unpaired) electrons. The van der Waals surface area contributed by atoms with Crippen LogP contribution in [0.5, 0.6) is 0 Å². The zero-order chi connectivity index (χ0) is 12.3. The summed E-state index contributed by atoms with van der Waals surface area (Å²) in [5.74, 6) is -0.0491. The number of hydrogen-bond acceptors (Lipinski definition) is 4. The molecular weight excluding hydrogens is 219 g/mol. The Morgan fingerprint density at radius 3 is 2.88 bits per heavy atom. The summed E-state index contributed by atoms with van der Waals surface area (Å²) in [5, 5.41) is 3.12. The summed E-state index contributed by atoms with van der Waals surface area (Å²) in [6.07, 6.45) is 6.24. The molecule has 4 nitrogen and oxygen atoms in total. The van der Waals surface area contributed by atoms with E-state index in [0.717, 1.165) is 25.7 Å². The predicted octanol–water partition coefficient (Wildman–Crippen LogP) is 1.86. The minimum absolute atomic E-state index is 0.0863. The van der Waals surface area contributed by atoms with E-state index in [4.69, 9.17) is 5.73 Å². The van der Waals surface area contributed by atoms with Crippen LogP contribution in [0.25, 0.3) is 0 Å². The van der Waals surface area contributed by atoms with Gasteiger partial charge in [0.2, 0.25) is 0 Å². The van der Waals surface area contributed by atoms with Crippen LogP contribution >= 0.6 is 0 Å². The van der Waals surface area contributed by atoms with Gasteiger partial charge >= 0.3 is 0 Å². The molecule has 0 aliphatic heterocycles. The molecule has 2 rings (SSSR count). The third kappa shape index (κ3) is 2.72. The first-order chi connectivity index (χ1) is 8.22. The number of nitrogens with two attached hydrogens (primary N) is 1. The van der Waals surface area contributed by atoms with E-state index in [0.29, 0.717) is 17.9 Å². The molecule has 1 aromatic rings. The Morgan fingerprint density at radius 1 is 1.41 bits per heavy atom. The molecule has 1 heterocycles. The van der Waals surface area contributed by atoms with Gasteiger partial charge in [-0.25, -0.2) is 14.4 Å². The highest BCUT2D eigenvalue weighted by atomic mass is 19.1. The monoisotopic (exact) mass is 238 g/mol. The van der Waals surface area contributed by atoms with Crippen LogP contribution in [0.4, 0.5) is 10.2 Å². The van der Waals surface area contributed by atoms with Crippen molar-refractivity contribution in [2.24, 2.45) is 5.73 Å². The van der Waals surface area contributed by atoms with Crippen molar-refractivity contribution in [3.8, 4) is 0 Å². The number of aryl methyl sites for hydroxylation is 1. The number of halogens is 1. The largest absolute Gasteiger partial charge is 0.363 e. The summed E-state index contributed by atoms with van der Waals surface area (Å²) < 4.78 is 13.9. The average Bonchev–Trinajstić information content (AvgIpc) is 2.34. The van der Waals surface area contributed by atoms with Crippen LogP contribution in [0, 0.1) is 5.82 Å². The molecule has 0 spiro atoms. The second kappa shape index (κ2) is 5.40. The van der Waals surface area contributed by atoms with Crippen LogP contribution in [0.1, 0.15) is 38.3 Å². The van der Waals surface area contributed by atoms with E-state index in [1.54, 1.807) is 0 Å². The van der Waals surface area contributed by atoms with E-state index in [2.05, 4.69) is 15.3 Å². The van der Waals surface area contributed by atoms with Gasteiger partial charge in [0.1, 0.15) is 6.33 Å². The number of nitrogens with zero attached hydrogens (tertiary/aromatic N) is 2. The van der Waals surface area contributed by atoms with Crippen molar-refractivity contribution in [1.82, 2.24) is 9.97 Å². The number of aromatic nitrogens is 2. The van der Waals surface area contributed by atoms with E-state index in [1.165, 1.54) is 6.33 Å². The lowest BCUT2D eigenvalue weighted by molar-refractivity contribution is 0.401. The second-order valence-corrected chi connectivity index (χ2v) is 4.54. The zero-order valence-electron chi connectivity index (χ0n) is 10.1. The fourth-order valence-electron chi connectivity index (χ4n) is 2.27. The minimum atomic E-state index is -0.340. The van der Waals surface area contributed by atoms with Gasteiger partial charge in [0.25, 0.3) is 0 Å². The van der Waals surface area contributed by atoms with Crippen molar-refractivity contribution in [2.75, 3.05) is 5.32 Å². The van der Waals surface area contributed by atoms with Crippen LogP contribution in [0.2, 0.25) is 0 Å². The van der Waals surface area contributed by atoms with Crippen molar-refractivity contribution < 1.29 is 4.39 Å². The van der Waals surface area contributed by atoms with Gasteiger partial charge in [-0.3, -0.25) is 0 Å². The first-order valence-corrected chi connectivity index (χ1v) is 6.24. The lowest BCUT2D eigenvalue weighted by atomic mass is 9.91. The van der Waals surface area contributed by atoms with Crippen LogP contribution in [-0.2, 0) is 6.42 Å². The highest BCUT2D eigenvalue weighted by Gasteiger charge is 2.23. The molecular formula is C12H19FN4. The van der Waals surface area contributed by atoms with Gasteiger partial charge in [-0.05, 0) is 19.3 Å². The second-order valence-electron chi connectivity index (χ2n) is 4.54. The first kappa shape index (κ1) is 12.2. The Hall–Kier alpha value is -1.23. The number of anilines is 1. The molecule has 17 heavy (non-hydrogen) atoms. The first-order valence-electron chi connectivity index (χ1n) is 6.24. The van der Waals surface area contributed by atoms with Gasteiger partial charge in [0.15, 0.2) is 11.6 Å². The van der Waals surface area contributed by atoms with E-state index in [1.807, 2.05) is 6.92 Å². The lowest BCUT2D eigenvalue weighted by Gasteiger charge is -2.29. The van der Waals surface area contributed by atoms with Crippen molar-refractivity contribution in [1.29, 1.82) is 0 Å². The van der Waals surface area contributed by atoms with Gasteiger partial charge in [0.05, 0.1) is 5.69 Å². The molecule has 2 unspecified atom stereocenters. The number of hydrogen-bond donors (Lipinski definition) is 2. The fraction of sp³-hybridized carbons (Fsp3) is 0.667. The normalized spacial score (nSPS) is 24.6. The summed E-state index contributed by atoms with van der Waals surface area (Å²) in [7, 11) is 0. The zero-order valence-corrected chi connectivity index (χ0v) is 10.1. The van der Waals surface area contributed by atoms with Crippen LogP contribution < -0.4 is 11.1 Å². The third-order valence-corrected chi connectivity index (χ3v) is 3.34. The van der Waals surface area contributed by atoms with E-state index < -0.39 is 0 Å². The average molecular weight is 238 g/mol. The summed E-state index contributed by atoms with van der Waals surface area (Å²) in [5.41, 5.74) is 6.47. The standard InChI is InChI=1S/C12H19FN4/c1-2-9-11(13)12(16-7-15-9)17-10-6-4-3-5-8(10)14/h7-8,10H,2-6,14H2,1H3,(H,15,16,17). The molecule has 3 N–H and O–H groups in total. The van der Waals surface area contributed by atoms with Gasteiger partial charge < -0.3 is 11.1 Å². The molecule has 5 heteroatoms. The molecule has 1 aromatic heterocycles. The number of rotatable bonds is 3. The summed E-state index contributed by atoms with van der Waals surface area (Å²) in [6.45, 7) is 1.88. The lowest BCUT2D eigenvalue weighted by Crippen LogP contribution is -2.43. The summed E-state index contributed by atoms with van der Waals surface area (Å²) >= 11 is 0. The maximum absolute atomic E-state index is 13.9. The van der Waals surface area contributed by atoms with Gasteiger partial charge in [-0.2, -0.15) is 0 Å². The smallest absolute Gasteiger partial charge is 0.186 e. The molecule has 0 aromatic carbocycles. The molecule has 2 atom stereocenters. The Balaban J connectivity index is 2.12. The van der Waals surface area contributed by atoms with Gasteiger partial charge in [-0.15, -0.1) is 0 Å². The molecule has 0 saturated heterocycles. The topological polar surface area (TPSA) is 63.8 Å². The Bertz CT molecular complexity index is 383. The molecule has 1 fully saturated rings. The maximum Gasteiger partial charge on any atom is 0.186 e. The SMILES string of the molecule is CCc1ncnc(NC2CCCCC2N)c1F. The highest BCUT2D eigenvalue weighted by molar-refractivity contribution is 5.39. The quantitative estimate of drug-likeness (QED) is 0.843.